The SMILES string of the molecule is O=C(Oc1ccc([N+](=O)[O-])cc1[N+](=O)[O-])c1ccc(Oc2ccccc2)cc1. The van der Waals surface area contributed by atoms with Crippen LogP contribution < -0.4 is 9.47 Å². The molecule has 0 aliphatic heterocycles. The van der Waals surface area contributed by atoms with Crippen LogP contribution in [-0.2, 0) is 0 Å². The van der Waals surface area contributed by atoms with E-state index in [0.29, 0.717) is 11.5 Å². The third-order valence-electron chi connectivity index (χ3n) is 3.62. The summed E-state index contributed by atoms with van der Waals surface area (Å²) >= 11 is 0. The van der Waals surface area contributed by atoms with Crippen molar-refractivity contribution in [1.82, 2.24) is 0 Å². The lowest BCUT2D eigenvalue weighted by Gasteiger charge is -2.07. The molecular weight excluding hydrogens is 368 g/mol. The molecule has 3 rings (SSSR count). The zero-order valence-corrected chi connectivity index (χ0v) is 14.2. The van der Waals surface area contributed by atoms with Crippen molar-refractivity contribution in [3.8, 4) is 17.2 Å². The summed E-state index contributed by atoms with van der Waals surface area (Å²) in [5.41, 5.74) is -1.02. The van der Waals surface area contributed by atoms with Crippen molar-refractivity contribution in [3.63, 3.8) is 0 Å². The van der Waals surface area contributed by atoms with Gasteiger partial charge in [0.05, 0.1) is 21.5 Å². The molecule has 0 fully saturated rings. The molecule has 0 aliphatic carbocycles. The van der Waals surface area contributed by atoms with Crippen molar-refractivity contribution >= 4 is 17.3 Å². The average molecular weight is 380 g/mol. The highest BCUT2D eigenvalue weighted by Crippen LogP contribution is 2.31. The van der Waals surface area contributed by atoms with Crippen LogP contribution >= 0.6 is 0 Å². The molecule has 0 saturated heterocycles. The zero-order chi connectivity index (χ0) is 20.1. The van der Waals surface area contributed by atoms with Crippen molar-refractivity contribution in [2.45, 2.75) is 0 Å². The maximum absolute atomic E-state index is 12.3. The van der Waals surface area contributed by atoms with Gasteiger partial charge in [0.2, 0.25) is 5.75 Å². The topological polar surface area (TPSA) is 122 Å². The van der Waals surface area contributed by atoms with E-state index in [9.17, 15) is 25.0 Å². The molecule has 9 nitrogen and oxygen atoms in total. The number of nitrogens with zero attached hydrogens (tertiary/aromatic N) is 2. The fourth-order valence-corrected chi connectivity index (χ4v) is 2.29. The summed E-state index contributed by atoms with van der Waals surface area (Å²) in [7, 11) is 0. The molecule has 28 heavy (non-hydrogen) atoms. The second-order valence-electron chi connectivity index (χ2n) is 5.50. The maximum Gasteiger partial charge on any atom is 0.343 e. The monoisotopic (exact) mass is 380 g/mol. The van der Waals surface area contributed by atoms with Crippen LogP contribution in [0.4, 0.5) is 11.4 Å². The summed E-state index contributed by atoms with van der Waals surface area (Å²) in [6, 6.07) is 17.8. The summed E-state index contributed by atoms with van der Waals surface area (Å²) in [6.45, 7) is 0. The molecule has 0 unspecified atom stereocenters. The van der Waals surface area contributed by atoms with E-state index < -0.39 is 27.2 Å². The first-order chi connectivity index (χ1) is 13.4. The Morgan fingerprint density at radius 2 is 1.43 bits per heavy atom. The van der Waals surface area contributed by atoms with Crippen molar-refractivity contribution < 1.29 is 24.1 Å². The number of non-ortho nitro benzene ring substituents is 1. The Labute approximate surface area is 158 Å². The van der Waals surface area contributed by atoms with Gasteiger partial charge >= 0.3 is 11.7 Å². The van der Waals surface area contributed by atoms with Crippen LogP contribution in [0.1, 0.15) is 10.4 Å². The molecule has 140 valence electrons. The third-order valence-corrected chi connectivity index (χ3v) is 3.62. The standard InChI is InChI=1S/C19H12N2O7/c22-19(28-18-11-8-14(20(23)24)12-17(18)21(25)26)13-6-9-16(10-7-13)27-15-4-2-1-3-5-15/h1-12H. The van der Waals surface area contributed by atoms with E-state index in [1.165, 1.54) is 12.1 Å². The van der Waals surface area contributed by atoms with Gasteiger partial charge in [0, 0.05) is 6.07 Å². The van der Waals surface area contributed by atoms with E-state index in [4.69, 9.17) is 9.47 Å². The highest BCUT2D eigenvalue weighted by atomic mass is 16.6. The Kier molecular flexibility index (Phi) is 5.26. The van der Waals surface area contributed by atoms with Gasteiger partial charge < -0.3 is 9.47 Å². The molecule has 3 aromatic rings. The summed E-state index contributed by atoms with van der Waals surface area (Å²) in [5.74, 6) is -0.114. The molecule has 0 aliphatic rings. The Balaban J connectivity index is 1.76. The smallest absolute Gasteiger partial charge is 0.343 e. The average Bonchev–Trinajstić information content (AvgIpc) is 2.69. The van der Waals surface area contributed by atoms with Crippen molar-refractivity contribution in [3.05, 3.63) is 98.6 Å². The molecule has 0 atom stereocenters. The van der Waals surface area contributed by atoms with E-state index in [-0.39, 0.29) is 11.3 Å². The van der Waals surface area contributed by atoms with Crippen LogP contribution in [0.5, 0.6) is 17.2 Å². The number of carbonyl (C=O) groups is 1. The second kappa shape index (κ2) is 7.96. The van der Waals surface area contributed by atoms with E-state index >= 15 is 0 Å². The predicted octanol–water partition coefficient (Wildman–Crippen LogP) is 4.51. The van der Waals surface area contributed by atoms with Crippen LogP contribution in [0.25, 0.3) is 0 Å². The highest BCUT2D eigenvalue weighted by molar-refractivity contribution is 5.91. The van der Waals surface area contributed by atoms with Crippen LogP contribution in [0.2, 0.25) is 0 Å². The zero-order valence-electron chi connectivity index (χ0n) is 14.2. The second-order valence-corrected chi connectivity index (χ2v) is 5.50. The molecule has 0 bridgehead atoms. The van der Waals surface area contributed by atoms with E-state index in [0.717, 1.165) is 18.2 Å². The fourth-order valence-electron chi connectivity index (χ4n) is 2.29. The van der Waals surface area contributed by atoms with Gasteiger partial charge in [0.25, 0.3) is 5.69 Å². The third kappa shape index (κ3) is 4.28. The summed E-state index contributed by atoms with van der Waals surface area (Å²) in [4.78, 5) is 32.5. The Hall–Kier alpha value is -4.27. The number of hydrogen-bond acceptors (Lipinski definition) is 7. The normalized spacial score (nSPS) is 10.1. The minimum absolute atomic E-state index is 0.132. The number of para-hydroxylation sites is 1. The van der Waals surface area contributed by atoms with Gasteiger partial charge in [-0.25, -0.2) is 4.79 Å². The Bertz CT molecular complexity index is 1030. The number of benzene rings is 3. The molecule has 0 heterocycles. The minimum Gasteiger partial charge on any atom is -0.457 e. The summed E-state index contributed by atoms with van der Waals surface area (Å²) in [6.07, 6.45) is 0. The van der Waals surface area contributed by atoms with Gasteiger partial charge in [-0.3, -0.25) is 20.2 Å². The maximum atomic E-state index is 12.3. The first-order valence-corrected chi connectivity index (χ1v) is 7.92. The van der Waals surface area contributed by atoms with Gasteiger partial charge in [-0.05, 0) is 42.5 Å². The lowest BCUT2D eigenvalue weighted by atomic mass is 10.2. The van der Waals surface area contributed by atoms with Crippen LogP contribution in [0.3, 0.4) is 0 Å². The highest BCUT2D eigenvalue weighted by Gasteiger charge is 2.23. The van der Waals surface area contributed by atoms with Crippen LogP contribution in [0.15, 0.2) is 72.8 Å². The lowest BCUT2D eigenvalue weighted by Crippen LogP contribution is -2.09. The van der Waals surface area contributed by atoms with Crippen LogP contribution in [0, 0.1) is 20.2 Å². The number of esters is 1. The Morgan fingerprint density at radius 3 is 2.04 bits per heavy atom. The predicted molar refractivity (Wildman–Crippen MR) is 97.7 cm³/mol. The van der Waals surface area contributed by atoms with Gasteiger partial charge in [0.1, 0.15) is 11.5 Å². The molecule has 0 aromatic heterocycles. The first kappa shape index (κ1) is 18.5. The molecule has 0 N–H and O–H groups in total. The Morgan fingerprint density at radius 1 is 0.786 bits per heavy atom. The summed E-state index contributed by atoms with van der Waals surface area (Å²) in [5, 5.41) is 21.9. The molecule has 0 saturated carbocycles. The van der Waals surface area contributed by atoms with E-state index in [2.05, 4.69) is 0 Å². The number of nitro groups is 2. The number of rotatable bonds is 6. The summed E-state index contributed by atoms with van der Waals surface area (Å²) < 4.78 is 10.7. The molecular formula is C19H12N2O7. The number of hydrogen-bond donors (Lipinski definition) is 0. The van der Waals surface area contributed by atoms with Crippen molar-refractivity contribution in [2.24, 2.45) is 0 Å². The molecule has 0 amide bonds. The quantitative estimate of drug-likeness (QED) is 0.267. The van der Waals surface area contributed by atoms with E-state index in [1.54, 1.807) is 24.3 Å². The number of nitro benzene ring substituents is 2. The lowest BCUT2D eigenvalue weighted by molar-refractivity contribution is -0.394. The fraction of sp³-hybridized carbons (Fsp3) is 0. The van der Waals surface area contributed by atoms with Crippen molar-refractivity contribution in [2.75, 3.05) is 0 Å². The molecule has 0 spiro atoms. The van der Waals surface area contributed by atoms with Gasteiger partial charge in [-0.2, -0.15) is 0 Å². The van der Waals surface area contributed by atoms with Crippen LogP contribution in [-0.4, -0.2) is 15.8 Å². The molecule has 9 heteroatoms. The van der Waals surface area contributed by atoms with Gasteiger partial charge in [-0.1, -0.05) is 18.2 Å². The number of carbonyl (C=O) groups excluding carboxylic acids is 1. The largest absolute Gasteiger partial charge is 0.457 e. The molecule has 0 radical (unpaired) electrons. The molecule has 3 aromatic carbocycles. The van der Waals surface area contributed by atoms with Gasteiger partial charge in [0.15, 0.2) is 0 Å². The van der Waals surface area contributed by atoms with Gasteiger partial charge in [-0.15, -0.1) is 0 Å². The first-order valence-electron chi connectivity index (χ1n) is 7.92. The van der Waals surface area contributed by atoms with Crippen molar-refractivity contribution in [1.29, 1.82) is 0 Å². The minimum atomic E-state index is -0.855. The number of ether oxygens (including phenoxy) is 2. The van der Waals surface area contributed by atoms with E-state index in [1.807, 2.05) is 18.2 Å².